The zero-order valence-electron chi connectivity index (χ0n) is 7.89. The largest absolute Gasteiger partial charge is 1.00 e. The second-order valence-corrected chi connectivity index (χ2v) is 3.73. The molecule has 0 aromatic rings. The number of ether oxygens (including phenoxy) is 1. The molecule has 0 heterocycles. The van der Waals surface area contributed by atoms with Crippen LogP contribution in [-0.4, -0.2) is 43.1 Å². The molecule has 0 spiro atoms. The summed E-state index contributed by atoms with van der Waals surface area (Å²) in [5.74, 6) is -0.704. The summed E-state index contributed by atoms with van der Waals surface area (Å²) in [5, 5.41) is 8.91. The number of halogens is 1. The Balaban J connectivity index is -0.000000605. The molecule has 0 radical (unpaired) electrons. The molecule has 0 aliphatic heterocycles. The molecular formula is C6H12ClNaO5S. The molecule has 0 aliphatic rings. The van der Waals surface area contributed by atoms with Gasteiger partial charge in [0, 0.05) is 0 Å². The molecule has 2 N–H and O–H groups in total. The minimum absolute atomic E-state index is 0. The van der Waals surface area contributed by atoms with Gasteiger partial charge in [0.05, 0.1) is 19.3 Å². The van der Waals surface area contributed by atoms with Crippen LogP contribution in [0.2, 0.25) is 0 Å². The Morgan fingerprint density at radius 1 is 1.50 bits per heavy atom. The van der Waals surface area contributed by atoms with Crippen molar-refractivity contribution in [3.8, 4) is 0 Å². The van der Waals surface area contributed by atoms with Crippen molar-refractivity contribution in [2.75, 3.05) is 19.0 Å². The van der Waals surface area contributed by atoms with E-state index in [9.17, 15) is 8.42 Å². The predicted molar refractivity (Wildman–Crippen MR) is 43.4 cm³/mol. The third kappa shape index (κ3) is 15.3. The summed E-state index contributed by atoms with van der Waals surface area (Å²) in [7, 11) is -4.12. The van der Waals surface area contributed by atoms with Crippen molar-refractivity contribution in [1.82, 2.24) is 0 Å². The van der Waals surface area contributed by atoms with Crippen molar-refractivity contribution in [3.05, 3.63) is 12.7 Å². The minimum Gasteiger partial charge on any atom is -1.00 e. The zero-order chi connectivity index (χ0) is 9.61. The minimum atomic E-state index is -4.12. The van der Waals surface area contributed by atoms with Crippen molar-refractivity contribution in [2.45, 2.75) is 6.10 Å². The molecule has 8 heteroatoms. The molecule has 14 heavy (non-hydrogen) atoms. The summed E-state index contributed by atoms with van der Waals surface area (Å²) in [6.45, 7) is 3.46. The van der Waals surface area contributed by atoms with E-state index in [-0.39, 0.29) is 55.2 Å². The third-order valence-electron chi connectivity index (χ3n) is 0.949. The maximum Gasteiger partial charge on any atom is 1.00 e. The Morgan fingerprint density at radius 3 is 2.36 bits per heavy atom. The molecule has 0 fully saturated rings. The fourth-order valence-corrected chi connectivity index (χ4v) is 1.16. The smallest absolute Gasteiger partial charge is 1.00 e. The van der Waals surface area contributed by atoms with E-state index in [0.717, 1.165) is 0 Å². The van der Waals surface area contributed by atoms with Gasteiger partial charge in [-0.25, -0.2) is 0 Å². The van der Waals surface area contributed by atoms with E-state index in [4.69, 9.17) is 14.4 Å². The monoisotopic (exact) mass is 254 g/mol. The van der Waals surface area contributed by atoms with Crippen molar-refractivity contribution in [1.29, 1.82) is 0 Å². The van der Waals surface area contributed by atoms with E-state index in [0.29, 0.717) is 0 Å². The van der Waals surface area contributed by atoms with Crippen LogP contribution in [0.1, 0.15) is 0 Å². The summed E-state index contributed by atoms with van der Waals surface area (Å²) in [6.07, 6.45) is 0.278. The first-order valence-corrected chi connectivity index (χ1v) is 4.88. The van der Waals surface area contributed by atoms with Crippen LogP contribution in [0.4, 0.5) is 0 Å². The van der Waals surface area contributed by atoms with Crippen LogP contribution in [0.3, 0.4) is 0 Å². The van der Waals surface area contributed by atoms with Crippen LogP contribution in [0.25, 0.3) is 0 Å². The van der Waals surface area contributed by atoms with E-state index in [1.807, 2.05) is 0 Å². The van der Waals surface area contributed by atoms with Gasteiger partial charge in [-0.05, 0) is 0 Å². The van der Waals surface area contributed by atoms with Gasteiger partial charge in [-0.1, -0.05) is 6.08 Å². The molecular weight excluding hydrogens is 243 g/mol. The Morgan fingerprint density at radius 2 is 2.00 bits per heavy atom. The van der Waals surface area contributed by atoms with Crippen molar-refractivity contribution < 1.29 is 64.8 Å². The van der Waals surface area contributed by atoms with Gasteiger partial charge in [0.15, 0.2) is 0 Å². The summed E-state index contributed by atoms with van der Waals surface area (Å²) < 4.78 is 33.4. The van der Waals surface area contributed by atoms with Gasteiger partial charge in [0.2, 0.25) is 0 Å². The first kappa shape index (κ1) is 20.3. The average molecular weight is 255 g/mol. The van der Waals surface area contributed by atoms with Crippen LogP contribution in [0, 0.1) is 0 Å². The number of hydrogen-bond donors (Lipinski definition) is 2. The average Bonchev–Trinajstić information content (AvgIpc) is 1.84. The Labute approximate surface area is 112 Å². The predicted octanol–water partition coefficient (Wildman–Crippen LogP) is -6.55. The second-order valence-electron chi connectivity index (χ2n) is 2.23. The maximum atomic E-state index is 10.2. The summed E-state index contributed by atoms with van der Waals surface area (Å²) >= 11 is 0. The zero-order valence-corrected chi connectivity index (χ0v) is 11.5. The first-order chi connectivity index (χ1) is 5.45. The number of rotatable bonds is 6. The SMILES string of the molecule is C=CCOCC(O)CS(=O)(=O)O.[Cl-].[Na+]. The van der Waals surface area contributed by atoms with E-state index in [1.165, 1.54) is 6.08 Å². The number of hydrogen-bond acceptors (Lipinski definition) is 4. The molecule has 0 bridgehead atoms. The van der Waals surface area contributed by atoms with Gasteiger partial charge < -0.3 is 22.3 Å². The topological polar surface area (TPSA) is 83.8 Å². The van der Waals surface area contributed by atoms with Gasteiger partial charge in [-0.2, -0.15) is 8.42 Å². The molecule has 0 aromatic heterocycles. The van der Waals surface area contributed by atoms with E-state index in [1.54, 1.807) is 0 Å². The fourth-order valence-electron chi connectivity index (χ4n) is 0.579. The summed E-state index contributed by atoms with van der Waals surface area (Å²) in [4.78, 5) is 0. The van der Waals surface area contributed by atoms with E-state index in [2.05, 4.69) is 6.58 Å². The third-order valence-corrected chi connectivity index (χ3v) is 1.75. The van der Waals surface area contributed by atoms with Crippen molar-refractivity contribution >= 4 is 10.1 Å². The molecule has 1 unspecified atom stereocenters. The van der Waals surface area contributed by atoms with E-state index < -0.39 is 22.0 Å². The van der Waals surface area contributed by atoms with Gasteiger partial charge in [-0.15, -0.1) is 6.58 Å². The summed E-state index contributed by atoms with van der Waals surface area (Å²) in [5.41, 5.74) is 0. The molecule has 0 saturated carbocycles. The van der Waals surface area contributed by atoms with Crippen molar-refractivity contribution in [3.63, 3.8) is 0 Å². The van der Waals surface area contributed by atoms with Crippen LogP contribution in [0.5, 0.6) is 0 Å². The van der Waals surface area contributed by atoms with Gasteiger partial charge >= 0.3 is 29.6 Å². The molecule has 1 atom stereocenters. The molecule has 0 aliphatic carbocycles. The molecule has 5 nitrogen and oxygen atoms in total. The Bertz CT molecular complexity index is 230. The normalized spacial score (nSPS) is 12.1. The standard InChI is InChI=1S/C6H12O5S.ClH.Na/c1-2-3-11-4-6(7)5-12(8,9)10;;/h2,6-7H,1,3-5H2,(H,8,9,10);1H;/q;;+1/p-1. The number of aliphatic hydroxyl groups excluding tert-OH is 1. The molecule has 0 rings (SSSR count). The number of aliphatic hydroxyl groups is 1. The van der Waals surface area contributed by atoms with Crippen LogP contribution in [-0.2, 0) is 14.9 Å². The van der Waals surface area contributed by atoms with Gasteiger partial charge in [0.25, 0.3) is 10.1 Å². The first-order valence-electron chi connectivity index (χ1n) is 3.27. The quantitative estimate of drug-likeness (QED) is 0.213. The Kier molecular flexibility index (Phi) is 15.0. The second kappa shape index (κ2) is 10.4. The molecule has 0 amide bonds. The van der Waals surface area contributed by atoms with E-state index >= 15 is 0 Å². The van der Waals surface area contributed by atoms with Gasteiger partial charge in [0.1, 0.15) is 5.75 Å². The van der Waals surface area contributed by atoms with Crippen LogP contribution < -0.4 is 42.0 Å². The maximum absolute atomic E-state index is 10.2. The van der Waals surface area contributed by atoms with Gasteiger partial charge in [-0.3, -0.25) is 4.55 Å². The summed E-state index contributed by atoms with van der Waals surface area (Å²) in [6, 6.07) is 0. The molecule has 0 saturated heterocycles. The fraction of sp³-hybridized carbons (Fsp3) is 0.667. The molecule has 80 valence electrons. The van der Waals surface area contributed by atoms with Crippen molar-refractivity contribution in [2.24, 2.45) is 0 Å². The molecule has 0 aromatic carbocycles. The Hall–Kier alpha value is 0.860. The van der Waals surface area contributed by atoms with Crippen LogP contribution in [0.15, 0.2) is 12.7 Å². The van der Waals surface area contributed by atoms with Crippen LogP contribution >= 0.6 is 0 Å².